The number of carboxylic acid groups (broad SMARTS) is 1. The molecule has 0 aliphatic rings. The molecule has 174 valence electrons. The fourth-order valence-electron chi connectivity index (χ4n) is 3.76. The molecule has 0 aromatic heterocycles. The second-order valence-electron chi connectivity index (χ2n) is 8.44. The van der Waals surface area contributed by atoms with Crippen molar-refractivity contribution in [2.75, 3.05) is 17.6 Å². The normalized spacial score (nSPS) is 13.0. The van der Waals surface area contributed by atoms with E-state index in [1.54, 1.807) is 6.07 Å². The molecule has 0 radical (unpaired) electrons. The van der Waals surface area contributed by atoms with Gasteiger partial charge in [-0.1, -0.05) is 78.9 Å². The van der Waals surface area contributed by atoms with Crippen LogP contribution in [0.15, 0.2) is 60.7 Å². The number of fused-ring (bicyclic) bond motifs is 1. The number of rotatable bonds is 10. The summed E-state index contributed by atoms with van der Waals surface area (Å²) in [5.41, 5.74) is 3.04. The minimum absolute atomic E-state index is 0.142. The molecule has 0 fully saturated rings. The largest absolute Gasteiger partial charge is 0.480 e. The first kappa shape index (κ1) is 25.4. The van der Waals surface area contributed by atoms with Crippen LogP contribution in [0, 0.1) is 5.92 Å². The van der Waals surface area contributed by atoms with Crippen LogP contribution in [0.25, 0.3) is 21.9 Å². The molecule has 0 saturated heterocycles. The van der Waals surface area contributed by atoms with Crippen molar-refractivity contribution in [2.45, 2.75) is 30.2 Å². The predicted molar refractivity (Wildman–Crippen MR) is 148 cm³/mol. The zero-order valence-corrected chi connectivity index (χ0v) is 21.8. The molecule has 33 heavy (non-hydrogen) atoms. The van der Waals surface area contributed by atoms with Gasteiger partial charge in [0.1, 0.15) is 6.04 Å². The number of carboxylic acids is 1. The standard InChI is InChI=1S/C26H29IN2O3S/c1-16(2)12-24(26(31)32)29-25(30)22-11-10-19(28-14-18(27)15-33)13-23(22)21-9-5-7-17-6-3-4-8-20(17)21/h3-11,13,16,18,24,28,33H,12,14-15H2,1-2H3,(H,29,30)(H,31,32)/t18-,24+/m1/s1. The molecule has 0 aliphatic heterocycles. The highest BCUT2D eigenvalue weighted by Gasteiger charge is 2.24. The minimum Gasteiger partial charge on any atom is -0.480 e. The molecular formula is C26H29IN2O3S. The summed E-state index contributed by atoms with van der Waals surface area (Å²) in [6.07, 6.45) is 0.366. The number of amides is 1. The minimum atomic E-state index is -1.03. The third kappa shape index (κ3) is 6.63. The molecule has 0 aliphatic carbocycles. The topological polar surface area (TPSA) is 78.4 Å². The Labute approximate surface area is 213 Å². The van der Waals surface area contributed by atoms with Crippen LogP contribution in [-0.4, -0.2) is 39.2 Å². The van der Waals surface area contributed by atoms with Gasteiger partial charge in [0.2, 0.25) is 0 Å². The van der Waals surface area contributed by atoms with E-state index < -0.39 is 12.0 Å². The van der Waals surface area contributed by atoms with Gasteiger partial charge in [0.05, 0.1) is 0 Å². The molecular weight excluding hydrogens is 547 g/mol. The molecule has 5 nitrogen and oxygen atoms in total. The van der Waals surface area contributed by atoms with E-state index in [2.05, 4.69) is 45.9 Å². The Hall–Kier alpha value is -2.26. The number of benzene rings is 3. The second kappa shape index (κ2) is 11.7. The predicted octanol–water partition coefficient (Wildman–Crippen LogP) is 5.88. The smallest absolute Gasteiger partial charge is 0.326 e. The summed E-state index contributed by atoms with van der Waals surface area (Å²) in [4.78, 5) is 25.0. The van der Waals surface area contributed by atoms with E-state index in [0.29, 0.717) is 15.9 Å². The lowest BCUT2D eigenvalue weighted by atomic mass is 9.93. The van der Waals surface area contributed by atoms with Gasteiger partial charge in [-0.05, 0) is 52.4 Å². The summed E-state index contributed by atoms with van der Waals surface area (Å²) in [5, 5.41) is 17.9. The van der Waals surface area contributed by atoms with E-state index in [1.165, 1.54) is 0 Å². The maximum absolute atomic E-state index is 13.3. The highest BCUT2D eigenvalue weighted by atomic mass is 127. The molecule has 1 amide bonds. The van der Waals surface area contributed by atoms with E-state index in [-0.39, 0.29) is 11.8 Å². The number of nitrogens with one attached hydrogen (secondary N) is 2. The average molecular weight is 577 g/mol. The molecule has 0 saturated carbocycles. The van der Waals surface area contributed by atoms with Crippen LogP contribution >= 0.6 is 35.2 Å². The monoisotopic (exact) mass is 576 g/mol. The van der Waals surface area contributed by atoms with Gasteiger partial charge in [0, 0.05) is 27.5 Å². The molecule has 0 spiro atoms. The highest BCUT2D eigenvalue weighted by Crippen LogP contribution is 2.33. The van der Waals surface area contributed by atoms with E-state index in [4.69, 9.17) is 0 Å². The summed E-state index contributed by atoms with van der Waals surface area (Å²) in [7, 11) is 0. The van der Waals surface area contributed by atoms with Gasteiger partial charge in [-0.15, -0.1) is 0 Å². The first-order chi connectivity index (χ1) is 15.8. The Bertz CT molecular complexity index is 1130. The number of anilines is 1. The van der Waals surface area contributed by atoms with Crippen molar-refractivity contribution in [1.82, 2.24) is 5.32 Å². The third-order valence-corrected chi connectivity index (χ3v) is 7.40. The van der Waals surface area contributed by atoms with Crippen molar-refractivity contribution < 1.29 is 14.7 Å². The maximum atomic E-state index is 13.3. The molecule has 2 atom stereocenters. The molecule has 0 bridgehead atoms. The third-order valence-electron chi connectivity index (χ3n) is 5.38. The molecule has 3 rings (SSSR count). The Morgan fingerprint density at radius 3 is 2.45 bits per heavy atom. The number of thiol groups is 1. The highest BCUT2D eigenvalue weighted by molar-refractivity contribution is 14.1. The molecule has 0 heterocycles. The van der Waals surface area contributed by atoms with Crippen molar-refractivity contribution in [1.29, 1.82) is 0 Å². The van der Waals surface area contributed by atoms with Crippen molar-refractivity contribution in [3.63, 3.8) is 0 Å². The Balaban J connectivity index is 2.05. The lowest BCUT2D eigenvalue weighted by molar-refractivity contribution is -0.139. The summed E-state index contributed by atoms with van der Waals surface area (Å²) in [6.45, 7) is 4.63. The van der Waals surface area contributed by atoms with Gasteiger partial charge < -0.3 is 15.7 Å². The number of carbonyl (C=O) groups is 2. The summed E-state index contributed by atoms with van der Waals surface area (Å²) in [6, 6.07) is 18.7. The maximum Gasteiger partial charge on any atom is 0.326 e. The van der Waals surface area contributed by atoms with Crippen LogP contribution in [0.4, 0.5) is 5.69 Å². The van der Waals surface area contributed by atoms with Gasteiger partial charge in [-0.25, -0.2) is 4.79 Å². The molecule has 0 unspecified atom stereocenters. The van der Waals surface area contributed by atoms with Crippen molar-refractivity contribution in [2.24, 2.45) is 5.92 Å². The first-order valence-electron chi connectivity index (χ1n) is 10.9. The second-order valence-corrected chi connectivity index (χ2v) is 10.6. The van der Waals surface area contributed by atoms with Crippen LogP contribution in [0.1, 0.15) is 30.6 Å². The number of aliphatic carboxylic acids is 1. The zero-order valence-electron chi connectivity index (χ0n) is 18.7. The number of alkyl halides is 1. The van der Waals surface area contributed by atoms with Crippen molar-refractivity contribution >= 4 is 63.6 Å². The summed E-state index contributed by atoms with van der Waals surface area (Å²) in [5.74, 6) is -0.512. The Kier molecular flexibility index (Phi) is 9.02. The average Bonchev–Trinajstić information content (AvgIpc) is 2.81. The van der Waals surface area contributed by atoms with E-state index in [0.717, 1.165) is 39.9 Å². The number of hydrogen-bond acceptors (Lipinski definition) is 4. The summed E-state index contributed by atoms with van der Waals surface area (Å²) >= 11 is 6.70. The summed E-state index contributed by atoms with van der Waals surface area (Å²) < 4.78 is 0.363. The number of carbonyl (C=O) groups excluding carboxylic acids is 1. The van der Waals surface area contributed by atoms with E-state index >= 15 is 0 Å². The van der Waals surface area contributed by atoms with Crippen LogP contribution in [-0.2, 0) is 4.79 Å². The van der Waals surface area contributed by atoms with Crippen molar-refractivity contribution in [3.05, 3.63) is 66.2 Å². The molecule has 3 N–H and O–H groups in total. The zero-order chi connectivity index (χ0) is 24.0. The Morgan fingerprint density at radius 2 is 1.76 bits per heavy atom. The van der Waals surface area contributed by atoms with Crippen molar-refractivity contribution in [3.8, 4) is 11.1 Å². The van der Waals surface area contributed by atoms with Gasteiger partial charge >= 0.3 is 5.97 Å². The molecule has 3 aromatic rings. The fourth-order valence-corrected chi connectivity index (χ4v) is 4.11. The van der Waals surface area contributed by atoms with E-state index in [9.17, 15) is 14.7 Å². The molecule has 7 heteroatoms. The SMILES string of the molecule is CC(C)C[C@H](NC(=O)c1ccc(NC[C@@H](I)CS)cc1-c1cccc2ccccc12)C(=O)O. The van der Waals surface area contributed by atoms with Crippen LogP contribution in [0.3, 0.4) is 0 Å². The van der Waals surface area contributed by atoms with Gasteiger partial charge in [-0.2, -0.15) is 12.6 Å². The van der Waals surface area contributed by atoms with Gasteiger partial charge in [0.15, 0.2) is 0 Å². The van der Waals surface area contributed by atoms with Gasteiger partial charge in [0.25, 0.3) is 5.91 Å². The van der Waals surface area contributed by atoms with Crippen LogP contribution < -0.4 is 10.6 Å². The number of halogens is 1. The number of hydrogen-bond donors (Lipinski definition) is 4. The van der Waals surface area contributed by atoms with E-state index in [1.807, 2.05) is 68.4 Å². The van der Waals surface area contributed by atoms with Crippen LogP contribution in [0.5, 0.6) is 0 Å². The first-order valence-corrected chi connectivity index (χ1v) is 12.8. The van der Waals surface area contributed by atoms with Crippen LogP contribution in [0.2, 0.25) is 0 Å². The van der Waals surface area contributed by atoms with Gasteiger partial charge in [-0.3, -0.25) is 4.79 Å². The quantitative estimate of drug-likeness (QED) is 0.138. The lowest BCUT2D eigenvalue weighted by Gasteiger charge is -2.19. The lowest BCUT2D eigenvalue weighted by Crippen LogP contribution is -2.41. The fraction of sp³-hybridized carbons (Fsp3) is 0.308. The molecule has 3 aromatic carbocycles. The Morgan fingerprint density at radius 1 is 1.03 bits per heavy atom.